The van der Waals surface area contributed by atoms with Crippen LogP contribution in [0.2, 0.25) is 5.15 Å². The second kappa shape index (κ2) is 7.42. The summed E-state index contributed by atoms with van der Waals surface area (Å²) in [5, 5.41) is 12.4. The normalized spacial score (nSPS) is 16.1. The van der Waals surface area contributed by atoms with Gasteiger partial charge in [-0.1, -0.05) is 11.6 Å². The number of ether oxygens (including phenoxy) is 1. The Balaban J connectivity index is 1.81. The van der Waals surface area contributed by atoms with Crippen molar-refractivity contribution in [1.82, 2.24) is 9.88 Å². The monoisotopic (exact) mass is 299 g/mol. The van der Waals surface area contributed by atoms with Gasteiger partial charge < -0.3 is 15.2 Å². The maximum absolute atomic E-state index is 11.1. The van der Waals surface area contributed by atoms with Gasteiger partial charge in [0.1, 0.15) is 16.5 Å². The van der Waals surface area contributed by atoms with Gasteiger partial charge in [0.15, 0.2) is 0 Å². The molecule has 20 heavy (non-hydrogen) atoms. The van der Waals surface area contributed by atoms with Crippen LogP contribution in [0.5, 0.6) is 0 Å². The van der Waals surface area contributed by atoms with Crippen molar-refractivity contribution >= 4 is 23.4 Å². The molecule has 2 heterocycles. The summed E-state index contributed by atoms with van der Waals surface area (Å²) in [6, 6.07) is 2.94. The van der Waals surface area contributed by atoms with E-state index in [-0.39, 0.29) is 10.7 Å². The Labute approximate surface area is 122 Å². The van der Waals surface area contributed by atoms with Crippen molar-refractivity contribution in [3.05, 3.63) is 22.8 Å². The average molecular weight is 300 g/mol. The van der Waals surface area contributed by atoms with E-state index in [1.54, 1.807) is 0 Å². The van der Waals surface area contributed by atoms with Gasteiger partial charge in [-0.3, -0.25) is 4.90 Å². The minimum Gasteiger partial charge on any atom is -0.478 e. The molecule has 0 aliphatic carbocycles. The van der Waals surface area contributed by atoms with Crippen LogP contribution in [0.1, 0.15) is 16.8 Å². The number of nitrogens with one attached hydrogen (secondary N) is 1. The molecule has 0 spiro atoms. The average Bonchev–Trinajstić information content (AvgIpc) is 2.44. The van der Waals surface area contributed by atoms with Crippen LogP contribution in [0.3, 0.4) is 0 Å². The third-order valence-electron chi connectivity index (χ3n) is 3.14. The van der Waals surface area contributed by atoms with Gasteiger partial charge in [-0.25, -0.2) is 9.78 Å². The van der Waals surface area contributed by atoms with E-state index >= 15 is 0 Å². The molecular weight excluding hydrogens is 282 g/mol. The van der Waals surface area contributed by atoms with Gasteiger partial charge in [-0.15, -0.1) is 0 Å². The second-order valence-electron chi connectivity index (χ2n) is 4.57. The summed E-state index contributed by atoms with van der Waals surface area (Å²) >= 11 is 5.79. The van der Waals surface area contributed by atoms with Crippen LogP contribution >= 0.6 is 11.6 Å². The molecular formula is C13H18ClN3O3. The standard InChI is InChI=1S/C13H18ClN3O3/c14-11-3-2-10(13(18)19)12(16-11)15-4-1-5-17-6-8-20-9-7-17/h2-3H,1,4-9H2,(H,15,16)(H,18,19). The first-order chi connectivity index (χ1) is 9.66. The number of aromatic nitrogens is 1. The molecule has 1 aromatic heterocycles. The zero-order chi connectivity index (χ0) is 14.4. The van der Waals surface area contributed by atoms with Crippen molar-refractivity contribution in [2.45, 2.75) is 6.42 Å². The fourth-order valence-electron chi connectivity index (χ4n) is 2.08. The Hall–Kier alpha value is -1.37. The van der Waals surface area contributed by atoms with Crippen LogP contribution in [0.4, 0.5) is 5.82 Å². The zero-order valence-corrected chi connectivity index (χ0v) is 11.9. The first-order valence-corrected chi connectivity index (χ1v) is 6.98. The summed E-state index contributed by atoms with van der Waals surface area (Å²) in [6.45, 7) is 5.09. The largest absolute Gasteiger partial charge is 0.478 e. The molecule has 0 bridgehead atoms. The van der Waals surface area contributed by atoms with E-state index in [9.17, 15) is 4.79 Å². The number of morpholine rings is 1. The van der Waals surface area contributed by atoms with Crippen LogP contribution in [0.25, 0.3) is 0 Å². The number of nitrogens with zero attached hydrogens (tertiary/aromatic N) is 2. The maximum Gasteiger partial charge on any atom is 0.339 e. The molecule has 1 fully saturated rings. The summed E-state index contributed by atoms with van der Waals surface area (Å²) in [6.07, 6.45) is 0.910. The minimum atomic E-state index is -1.01. The topological polar surface area (TPSA) is 74.7 Å². The Morgan fingerprint density at radius 1 is 1.45 bits per heavy atom. The van der Waals surface area contributed by atoms with Crippen LogP contribution in [-0.2, 0) is 4.74 Å². The van der Waals surface area contributed by atoms with Crippen LogP contribution in [0, 0.1) is 0 Å². The number of aromatic carboxylic acids is 1. The molecule has 7 heteroatoms. The lowest BCUT2D eigenvalue weighted by atomic mass is 10.2. The smallest absolute Gasteiger partial charge is 0.339 e. The predicted molar refractivity (Wildman–Crippen MR) is 76.6 cm³/mol. The molecule has 0 atom stereocenters. The molecule has 2 rings (SSSR count). The number of carbonyl (C=O) groups is 1. The number of hydrogen-bond donors (Lipinski definition) is 2. The summed E-state index contributed by atoms with van der Waals surface area (Å²) in [5.41, 5.74) is 0.140. The van der Waals surface area contributed by atoms with Crippen molar-refractivity contribution in [3.63, 3.8) is 0 Å². The van der Waals surface area contributed by atoms with Crippen LogP contribution in [0.15, 0.2) is 12.1 Å². The van der Waals surface area contributed by atoms with E-state index in [0.717, 1.165) is 39.3 Å². The molecule has 1 saturated heterocycles. The number of pyridine rings is 1. The van der Waals surface area contributed by atoms with Gasteiger partial charge in [0.05, 0.1) is 13.2 Å². The fraction of sp³-hybridized carbons (Fsp3) is 0.538. The van der Waals surface area contributed by atoms with Gasteiger partial charge in [0.25, 0.3) is 0 Å². The lowest BCUT2D eigenvalue weighted by Gasteiger charge is -2.26. The summed E-state index contributed by atoms with van der Waals surface area (Å²) in [7, 11) is 0. The molecule has 1 aromatic rings. The number of carboxylic acid groups (broad SMARTS) is 1. The molecule has 1 aliphatic rings. The molecule has 110 valence electrons. The highest BCUT2D eigenvalue weighted by Gasteiger charge is 2.12. The first kappa shape index (κ1) is 15.0. The quantitative estimate of drug-likeness (QED) is 0.613. The van der Waals surface area contributed by atoms with Gasteiger partial charge >= 0.3 is 5.97 Å². The van der Waals surface area contributed by atoms with Gasteiger partial charge in [-0.2, -0.15) is 0 Å². The van der Waals surface area contributed by atoms with E-state index in [4.69, 9.17) is 21.4 Å². The number of anilines is 1. The van der Waals surface area contributed by atoms with Crippen molar-refractivity contribution in [1.29, 1.82) is 0 Å². The predicted octanol–water partition coefficient (Wildman–Crippen LogP) is 1.57. The lowest BCUT2D eigenvalue weighted by Crippen LogP contribution is -2.37. The van der Waals surface area contributed by atoms with Gasteiger partial charge in [0.2, 0.25) is 0 Å². The molecule has 0 saturated carbocycles. The van der Waals surface area contributed by atoms with E-state index in [2.05, 4.69) is 15.2 Å². The highest BCUT2D eigenvalue weighted by atomic mass is 35.5. The SMILES string of the molecule is O=C(O)c1ccc(Cl)nc1NCCCN1CCOCC1. The Morgan fingerprint density at radius 2 is 2.20 bits per heavy atom. The summed E-state index contributed by atoms with van der Waals surface area (Å²) in [5.74, 6) is -0.683. The number of hydrogen-bond acceptors (Lipinski definition) is 5. The Kier molecular flexibility index (Phi) is 5.58. The molecule has 0 radical (unpaired) electrons. The third kappa shape index (κ3) is 4.33. The summed E-state index contributed by atoms with van der Waals surface area (Å²) < 4.78 is 5.28. The fourth-order valence-corrected chi connectivity index (χ4v) is 2.22. The van der Waals surface area contributed by atoms with Crippen LogP contribution < -0.4 is 5.32 Å². The zero-order valence-electron chi connectivity index (χ0n) is 11.1. The molecule has 2 N–H and O–H groups in total. The first-order valence-electron chi connectivity index (χ1n) is 6.60. The number of carboxylic acids is 1. The van der Waals surface area contributed by atoms with Crippen LogP contribution in [-0.4, -0.2) is 60.4 Å². The summed E-state index contributed by atoms with van der Waals surface area (Å²) in [4.78, 5) is 17.4. The van der Waals surface area contributed by atoms with E-state index in [1.807, 2.05) is 0 Å². The lowest BCUT2D eigenvalue weighted by molar-refractivity contribution is 0.0378. The second-order valence-corrected chi connectivity index (χ2v) is 4.96. The molecule has 0 amide bonds. The van der Waals surface area contributed by atoms with E-state index in [0.29, 0.717) is 12.4 Å². The highest BCUT2D eigenvalue weighted by Crippen LogP contribution is 2.16. The third-order valence-corrected chi connectivity index (χ3v) is 3.35. The van der Waals surface area contributed by atoms with Gasteiger partial charge in [0, 0.05) is 19.6 Å². The van der Waals surface area contributed by atoms with E-state index in [1.165, 1.54) is 12.1 Å². The van der Waals surface area contributed by atoms with Crippen molar-refractivity contribution in [2.75, 3.05) is 44.7 Å². The van der Waals surface area contributed by atoms with Crippen molar-refractivity contribution < 1.29 is 14.6 Å². The maximum atomic E-state index is 11.1. The minimum absolute atomic E-state index is 0.140. The molecule has 0 unspecified atom stereocenters. The Bertz CT molecular complexity index is 464. The Morgan fingerprint density at radius 3 is 2.90 bits per heavy atom. The van der Waals surface area contributed by atoms with Gasteiger partial charge in [-0.05, 0) is 25.1 Å². The highest BCUT2D eigenvalue weighted by molar-refractivity contribution is 6.29. The number of rotatable bonds is 6. The molecule has 0 aromatic carbocycles. The van der Waals surface area contributed by atoms with Crippen molar-refractivity contribution in [2.24, 2.45) is 0 Å². The molecule has 1 aliphatic heterocycles. The van der Waals surface area contributed by atoms with E-state index < -0.39 is 5.97 Å². The number of halogens is 1. The molecule has 6 nitrogen and oxygen atoms in total. The van der Waals surface area contributed by atoms with Crippen molar-refractivity contribution in [3.8, 4) is 0 Å².